The van der Waals surface area contributed by atoms with E-state index in [1.54, 1.807) is 30.3 Å². The zero-order valence-electron chi connectivity index (χ0n) is 8.94. The summed E-state index contributed by atoms with van der Waals surface area (Å²) in [5.41, 5.74) is 0.476. The van der Waals surface area contributed by atoms with Gasteiger partial charge in [0.05, 0.1) is 0 Å². The average molecular weight is 232 g/mol. The van der Waals surface area contributed by atoms with Crippen LogP contribution in [0.5, 0.6) is 0 Å². The molecule has 0 aromatic heterocycles. The number of benzene rings is 2. The van der Waals surface area contributed by atoms with E-state index in [1.165, 1.54) is 12.1 Å². The minimum absolute atomic E-state index is 0.167. The van der Waals surface area contributed by atoms with Gasteiger partial charge in [-0.05, 0) is 17.7 Å². The number of Topliss-reactive ketones (excluding diaryl/α,β-unsaturated/α-hetero) is 1. The highest BCUT2D eigenvalue weighted by Crippen LogP contribution is 2.22. The summed E-state index contributed by atoms with van der Waals surface area (Å²) in [5.74, 6) is -1.06. The number of halogens is 2. The fourth-order valence-electron chi connectivity index (χ4n) is 1.53. The Balaban J connectivity index is 2.23. The van der Waals surface area contributed by atoms with E-state index >= 15 is 0 Å². The van der Waals surface area contributed by atoms with Gasteiger partial charge in [-0.2, -0.15) is 0 Å². The first-order valence-corrected chi connectivity index (χ1v) is 5.17. The van der Waals surface area contributed by atoms with E-state index in [4.69, 9.17) is 0 Å². The van der Waals surface area contributed by atoms with E-state index in [1.807, 2.05) is 0 Å². The van der Waals surface area contributed by atoms with Crippen LogP contribution in [0.25, 0.3) is 0 Å². The molecule has 0 aliphatic rings. The van der Waals surface area contributed by atoms with E-state index in [-0.39, 0.29) is 5.56 Å². The molecule has 1 nitrogen and oxygen atoms in total. The van der Waals surface area contributed by atoms with Crippen molar-refractivity contribution in [2.45, 2.75) is 6.17 Å². The maximum absolute atomic E-state index is 13.9. The summed E-state index contributed by atoms with van der Waals surface area (Å²) < 4.78 is 26.5. The van der Waals surface area contributed by atoms with Crippen molar-refractivity contribution >= 4 is 5.78 Å². The first-order chi connectivity index (χ1) is 8.18. The smallest absolute Gasteiger partial charge is 0.201 e. The van der Waals surface area contributed by atoms with Gasteiger partial charge in [-0.15, -0.1) is 0 Å². The van der Waals surface area contributed by atoms with E-state index < -0.39 is 17.8 Å². The lowest BCUT2D eigenvalue weighted by Gasteiger charge is -2.07. The molecule has 0 spiro atoms. The number of ketones is 1. The molecule has 0 aliphatic carbocycles. The third kappa shape index (κ3) is 2.56. The van der Waals surface area contributed by atoms with Crippen LogP contribution in [-0.4, -0.2) is 5.78 Å². The number of hydrogen-bond donors (Lipinski definition) is 0. The van der Waals surface area contributed by atoms with Gasteiger partial charge in [0, 0.05) is 5.56 Å². The highest BCUT2D eigenvalue weighted by Gasteiger charge is 2.20. The lowest BCUT2D eigenvalue weighted by atomic mass is 10.0. The monoisotopic (exact) mass is 232 g/mol. The van der Waals surface area contributed by atoms with Gasteiger partial charge in [0.2, 0.25) is 5.78 Å². The number of rotatable bonds is 3. The fraction of sp³-hybridized carbons (Fsp3) is 0.0714. The normalized spacial score (nSPS) is 12.1. The van der Waals surface area contributed by atoms with Crippen molar-refractivity contribution in [2.75, 3.05) is 0 Å². The molecule has 1 atom stereocenters. The zero-order valence-corrected chi connectivity index (χ0v) is 8.94. The molecule has 0 saturated carbocycles. The molecule has 3 heteroatoms. The summed E-state index contributed by atoms with van der Waals surface area (Å²) in [4.78, 5) is 11.8. The third-order valence-corrected chi connectivity index (χ3v) is 2.45. The molecule has 2 rings (SSSR count). The van der Waals surface area contributed by atoms with Crippen LogP contribution in [0.1, 0.15) is 22.1 Å². The minimum Gasteiger partial charge on any atom is -0.290 e. The van der Waals surface area contributed by atoms with Gasteiger partial charge in [-0.25, -0.2) is 8.78 Å². The summed E-state index contributed by atoms with van der Waals surface area (Å²) in [6, 6.07) is 13.0. The molecule has 17 heavy (non-hydrogen) atoms. The van der Waals surface area contributed by atoms with Crippen LogP contribution in [-0.2, 0) is 0 Å². The van der Waals surface area contributed by atoms with Crippen LogP contribution < -0.4 is 0 Å². The van der Waals surface area contributed by atoms with E-state index in [9.17, 15) is 13.6 Å². The largest absolute Gasteiger partial charge is 0.290 e. The van der Waals surface area contributed by atoms with Gasteiger partial charge in [-0.1, -0.05) is 42.5 Å². The molecule has 0 amide bonds. The number of carbonyl (C=O) groups is 1. The van der Waals surface area contributed by atoms with E-state index in [2.05, 4.69) is 0 Å². The molecule has 2 aromatic carbocycles. The molecule has 1 unspecified atom stereocenters. The van der Waals surface area contributed by atoms with Crippen LogP contribution in [0.4, 0.5) is 8.78 Å². The molecule has 86 valence electrons. The highest BCUT2D eigenvalue weighted by molar-refractivity contribution is 5.99. The molecule has 0 fully saturated rings. The molecule has 0 saturated heterocycles. The van der Waals surface area contributed by atoms with Gasteiger partial charge in [0.1, 0.15) is 5.82 Å². The third-order valence-electron chi connectivity index (χ3n) is 2.45. The number of alkyl halides is 1. The first-order valence-electron chi connectivity index (χ1n) is 5.17. The topological polar surface area (TPSA) is 17.1 Å². The van der Waals surface area contributed by atoms with Crippen molar-refractivity contribution in [3.05, 3.63) is 71.5 Å². The molecular weight excluding hydrogens is 222 g/mol. The van der Waals surface area contributed by atoms with E-state index in [0.29, 0.717) is 5.56 Å². The Kier molecular flexibility index (Phi) is 3.28. The Bertz CT molecular complexity index is 506. The molecule has 0 radical (unpaired) electrons. The van der Waals surface area contributed by atoms with Gasteiger partial charge < -0.3 is 0 Å². The Morgan fingerprint density at radius 3 is 2.12 bits per heavy atom. The molecule has 0 N–H and O–H groups in total. The molecule has 0 bridgehead atoms. The zero-order chi connectivity index (χ0) is 12.3. The van der Waals surface area contributed by atoms with Gasteiger partial charge >= 0.3 is 0 Å². The standard InChI is InChI=1S/C14H10F2O/c15-12-8-6-10(7-9-12)13(16)14(17)11-4-2-1-3-5-11/h1-9,13H. The Hall–Kier alpha value is -2.03. The van der Waals surface area contributed by atoms with E-state index in [0.717, 1.165) is 12.1 Å². The van der Waals surface area contributed by atoms with Crippen LogP contribution in [0.3, 0.4) is 0 Å². The first kappa shape index (κ1) is 11.5. The second kappa shape index (κ2) is 4.87. The Morgan fingerprint density at radius 2 is 1.53 bits per heavy atom. The summed E-state index contributed by atoms with van der Waals surface area (Å²) >= 11 is 0. The quantitative estimate of drug-likeness (QED) is 0.737. The molecular formula is C14H10F2O. The van der Waals surface area contributed by atoms with Crippen LogP contribution >= 0.6 is 0 Å². The maximum Gasteiger partial charge on any atom is 0.201 e. The summed E-state index contributed by atoms with van der Waals surface area (Å²) in [6.45, 7) is 0. The second-order valence-electron chi connectivity index (χ2n) is 3.64. The predicted molar refractivity (Wildman–Crippen MR) is 61.0 cm³/mol. The van der Waals surface area contributed by atoms with Gasteiger partial charge in [-0.3, -0.25) is 4.79 Å². The van der Waals surface area contributed by atoms with Gasteiger partial charge in [0.25, 0.3) is 0 Å². The molecule has 0 aliphatic heterocycles. The lowest BCUT2D eigenvalue weighted by molar-refractivity contribution is 0.0877. The predicted octanol–water partition coefficient (Wildman–Crippen LogP) is 3.72. The van der Waals surface area contributed by atoms with Crippen LogP contribution in [0, 0.1) is 5.82 Å². The maximum atomic E-state index is 13.9. The second-order valence-corrected chi connectivity index (χ2v) is 3.64. The van der Waals surface area contributed by atoms with Crippen LogP contribution in [0.2, 0.25) is 0 Å². The molecule has 2 aromatic rings. The summed E-state index contributed by atoms with van der Waals surface area (Å²) in [5, 5.41) is 0. The fourth-order valence-corrected chi connectivity index (χ4v) is 1.53. The summed E-state index contributed by atoms with van der Waals surface area (Å²) in [7, 11) is 0. The minimum atomic E-state index is -1.75. The SMILES string of the molecule is O=C(c1ccccc1)C(F)c1ccc(F)cc1. The van der Waals surface area contributed by atoms with Crippen molar-refractivity contribution in [2.24, 2.45) is 0 Å². The number of carbonyl (C=O) groups excluding carboxylic acids is 1. The van der Waals surface area contributed by atoms with Crippen molar-refractivity contribution in [3.63, 3.8) is 0 Å². The summed E-state index contributed by atoms with van der Waals surface area (Å²) in [6.07, 6.45) is -1.75. The lowest BCUT2D eigenvalue weighted by Crippen LogP contribution is -2.08. The van der Waals surface area contributed by atoms with Gasteiger partial charge in [0.15, 0.2) is 6.17 Å². The highest BCUT2D eigenvalue weighted by atomic mass is 19.1. The van der Waals surface area contributed by atoms with Crippen molar-refractivity contribution in [1.82, 2.24) is 0 Å². The van der Waals surface area contributed by atoms with Crippen molar-refractivity contribution in [3.8, 4) is 0 Å². The van der Waals surface area contributed by atoms with Crippen molar-refractivity contribution in [1.29, 1.82) is 0 Å². The average Bonchev–Trinajstić information content (AvgIpc) is 2.39. The molecule has 0 heterocycles. The van der Waals surface area contributed by atoms with Crippen LogP contribution in [0.15, 0.2) is 54.6 Å². The Morgan fingerprint density at radius 1 is 0.941 bits per heavy atom. The van der Waals surface area contributed by atoms with Crippen molar-refractivity contribution < 1.29 is 13.6 Å². The number of hydrogen-bond acceptors (Lipinski definition) is 1. The Labute approximate surface area is 97.7 Å².